The van der Waals surface area contributed by atoms with Crippen LogP contribution in [-0.4, -0.2) is 23.4 Å². The average Bonchev–Trinajstić information content (AvgIpc) is 2.18. The van der Waals surface area contributed by atoms with E-state index in [0.717, 1.165) is 13.1 Å². The van der Waals surface area contributed by atoms with E-state index in [4.69, 9.17) is 16.9 Å². The first-order valence-corrected chi connectivity index (χ1v) is 5.43. The third-order valence-electron chi connectivity index (χ3n) is 2.05. The first-order chi connectivity index (χ1) is 7.22. The Balaban J connectivity index is 2.55. The number of nitriles is 1. The van der Waals surface area contributed by atoms with Crippen LogP contribution >= 0.6 is 11.6 Å². The molecule has 0 spiro atoms. The van der Waals surface area contributed by atoms with Gasteiger partial charge in [0.2, 0.25) is 0 Å². The van der Waals surface area contributed by atoms with E-state index < -0.39 is 0 Å². The normalized spacial score (nSPS) is 12.4. The third-order valence-corrected chi connectivity index (χ3v) is 2.19. The number of hydrogen-bond acceptors (Lipinski definition) is 2. The first-order valence-electron chi connectivity index (χ1n) is 4.99. The Morgan fingerprint density at radius 3 is 2.60 bits per heavy atom. The molecule has 0 N–H and O–H groups in total. The molecule has 0 radical (unpaired) electrons. The van der Waals surface area contributed by atoms with Crippen LogP contribution in [0.5, 0.6) is 0 Å². The zero-order chi connectivity index (χ0) is 11.1. The summed E-state index contributed by atoms with van der Waals surface area (Å²) >= 11 is 5.92. The monoisotopic (exact) mass is 222 g/mol. The van der Waals surface area contributed by atoms with Gasteiger partial charge in [0, 0.05) is 18.5 Å². The van der Waals surface area contributed by atoms with Crippen molar-refractivity contribution in [2.24, 2.45) is 0 Å². The number of benzene rings is 1. The average molecular weight is 223 g/mol. The minimum Gasteiger partial charge on any atom is -0.285 e. The second-order valence-electron chi connectivity index (χ2n) is 3.59. The Morgan fingerprint density at radius 2 is 2.07 bits per heavy atom. The van der Waals surface area contributed by atoms with Crippen LogP contribution < -0.4 is 0 Å². The molecule has 0 saturated heterocycles. The molecule has 0 bridgehead atoms. The number of hydrogen-bond donors (Lipinski definition) is 0. The molecule has 0 heterocycles. The second-order valence-corrected chi connectivity index (χ2v) is 4.34. The molecule has 0 aromatic heterocycles. The Hall–Kier alpha value is -1.04. The highest BCUT2D eigenvalue weighted by atomic mass is 35.5. The highest BCUT2D eigenvalue weighted by Crippen LogP contribution is 2.06. The molecule has 2 nitrogen and oxygen atoms in total. The van der Waals surface area contributed by atoms with E-state index in [1.807, 2.05) is 30.0 Å². The molecule has 80 valence electrons. The van der Waals surface area contributed by atoms with E-state index in [1.54, 1.807) is 0 Å². The summed E-state index contributed by atoms with van der Waals surface area (Å²) in [5.41, 5.74) is 1.21. The van der Waals surface area contributed by atoms with Gasteiger partial charge >= 0.3 is 0 Å². The van der Waals surface area contributed by atoms with Crippen LogP contribution in [0.4, 0.5) is 0 Å². The summed E-state index contributed by atoms with van der Waals surface area (Å²) < 4.78 is 0. The lowest BCUT2D eigenvalue weighted by Gasteiger charge is -2.20. The summed E-state index contributed by atoms with van der Waals surface area (Å²) in [5, 5.41) is 8.76. The van der Waals surface area contributed by atoms with Crippen molar-refractivity contribution >= 4 is 11.6 Å². The Labute approximate surface area is 96.1 Å². The van der Waals surface area contributed by atoms with Crippen LogP contribution in [0.1, 0.15) is 12.5 Å². The molecule has 0 amide bonds. The Kier molecular flexibility index (Phi) is 5.17. The van der Waals surface area contributed by atoms with Gasteiger partial charge in [0.25, 0.3) is 0 Å². The molecule has 1 aromatic rings. The molecule has 1 atom stereocenters. The predicted octanol–water partition coefficient (Wildman–Crippen LogP) is 2.64. The van der Waals surface area contributed by atoms with E-state index >= 15 is 0 Å². The molecule has 1 aromatic carbocycles. The van der Waals surface area contributed by atoms with Gasteiger partial charge in [0.1, 0.15) is 0 Å². The van der Waals surface area contributed by atoms with Gasteiger partial charge in [-0.2, -0.15) is 5.26 Å². The highest BCUT2D eigenvalue weighted by molar-refractivity contribution is 6.20. The van der Waals surface area contributed by atoms with Crippen LogP contribution in [0, 0.1) is 11.3 Å². The molecule has 1 rings (SSSR count). The van der Waals surface area contributed by atoms with Crippen molar-refractivity contribution < 1.29 is 0 Å². The van der Waals surface area contributed by atoms with Crippen molar-refractivity contribution in [3.05, 3.63) is 35.9 Å². The zero-order valence-electron chi connectivity index (χ0n) is 8.86. The minimum absolute atomic E-state index is 0.0714. The maximum Gasteiger partial charge on any atom is 0.0869 e. The lowest BCUT2D eigenvalue weighted by atomic mass is 10.2. The van der Waals surface area contributed by atoms with E-state index in [0.29, 0.717) is 6.54 Å². The van der Waals surface area contributed by atoms with Crippen molar-refractivity contribution in [3.8, 4) is 6.07 Å². The molecular formula is C12H15ClN2. The topological polar surface area (TPSA) is 27.0 Å². The van der Waals surface area contributed by atoms with E-state index in [-0.39, 0.29) is 5.38 Å². The van der Waals surface area contributed by atoms with Gasteiger partial charge in [0.15, 0.2) is 0 Å². The third kappa shape index (κ3) is 4.83. The lowest BCUT2D eigenvalue weighted by Crippen LogP contribution is -2.28. The van der Waals surface area contributed by atoms with E-state index in [1.165, 1.54) is 5.56 Å². The maximum absolute atomic E-state index is 8.69. The van der Waals surface area contributed by atoms with Crippen molar-refractivity contribution in [1.29, 1.82) is 5.26 Å². The van der Waals surface area contributed by atoms with Crippen LogP contribution in [0.15, 0.2) is 30.3 Å². The van der Waals surface area contributed by atoms with Gasteiger partial charge in [-0.1, -0.05) is 30.3 Å². The van der Waals surface area contributed by atoms with Gasteiger partial charge in [-0.25, -0.2) is 0 Å². The SMILES string of the molecule is C[C@@H](Cl)CN(CC#N)Cc1ccccc1. The van der Waals surface area contributed by atoms with Crippen LogP contribution in [0.2, 0.25) is 0 Å². The summed E-state index contributed by atoms with van der Waals surface area (Å²) in [6, 6.07) is 12.3. The van der Waals surface area contributed by atoms with E-state index in [2.05, 4.69) is 18.2 Å². The van der Waals surface area contributed by atoms with Crippen molar-refractivity contribution in [1.82, 2.24) is 4.90 Å². The molecule has 0 unspecified atom stereocenters. The lowest BCUT2D eigenvalue weighted by molar-refractivity contribution is 0.300. The number of nitrogens with zero attached hydrogens (tertiary/aromatic N) is 2. The number of alkyl halides is 1. The molecule has 0 aliphatic carbocycles. The maximum atomic E-state index is 8.69. The molecule has 3 heteroatoms. The Morgan fingerprint density at radius 1 is 1.40 bits per heavy atom. The summed E-state index contributed by atoms with van der Waals surface area (Å²) in [7, 11) is 0. The van der Waals surface area contributed by atoms with Crippen LogP contribution in [0.3, 0.4) is 0 Å². The molecule has 0 aliphatic heterocycles. The van der Waals surface area contributed by atoms with Crippen molar-refractivity contribution in [2.45, 2.75) is 18.8 Å². The van der Waals surface area contributed by atoms with E-state index in [9.17, 15) is 0 Å². The fourth-order valence-corrected chi connectivity index (χ4v) is 1.68. The molecular weight excluding hydrogens is 208 g/mol. The fraction of sp³-hybridized carbons (Fsp3) is 0.417. The smallest absolute Gasteiger partial charge is 0.0869 e. The second kappa shape index (κ2) is 6.44. The molecule has 15 heavy (non-hydrogen) atoms. The largest absolute Gasteiger partial charge is 0.285 e. The predicted molar refractivity (Wildman–Crippen MR) is 62.6 cm³/mol. The summed E-state index contributed by atoms with van der Waals surface area (Å²) in [6.07, 6.45) is 0. The zero-order valence-corrected chi connectivity index (χ0v) is 9.61. The van der Waals surface area contributed by atoms with Gasteiger partial charge in [0.05, 0.1) is 12.6 Å². The number of halogens is 1. The van der Waals surface area contributed by atoms with Gasteiger partial charge in [-0.05, 0) is 12.5 Å². The van der Waals surface area contributed by atoms with Gasteiger partial charge in [-0.3, -0.25) is 4.90 Å². The summed E-state index contributed by atoms with van der Waals surface area (Å²) in [5.74, 6) is 0. The Bertz CT molecular complexity index is 316. The quantitative estimate of drug-likeness (QED) is 0.566. The van der Waals surface area contributed by atoms with Crippen LogP contribution in [0.25, 0.3) is 0 Å². The van der Waals surface area contributed by atoms with Crippen molar-refractivity contribution in [3.63, 3.8) is 0 Å². The van der Waals surface area contributed by atoms with Crippen LogP contribution in [-0.2, 0) is 6.54 Å². The van der Waals surface area contributed by atoms with Gasteiger partial charge < -0.3 is 0 Å². The summed E-state index contributed by atoms with van der Waals surface area (Å²) in [6.45, 7) is 3.89. The molecule has 0 saturated carbocycles. The number of rotatable bonds is 5. The minimum atomic E-state index is 0.0714. The van der Waals surface area contributed by atoms with Gasteiger partial charge in [-0.15, -0.1) is 11.6 Å². The van der Waals surface area contributed by atoms with Crippen molar-refractivity contribution in [2.75, 3.05) is 13.1 Å². The molecule has 0 aliphatic rings. The summed E-state index contributed by atoms with van der Waals surface area (Å²) in [4.78, 5) is 2.05. The fourth-order valence-electron chi connectivity index (χ4n) is 1.48. The first kappa shape index (κ1) is 12.0. The molecule has 0 fully saturated rings. The highest BCUT2D eigenvalue weighted by Gasteiger charge is 2.08. The standard InChI is InChI=1S/C12H15ClN2/c1-11(13)9-15(8-7-14)10-12-5-3-2-4-6-12/h2-6,11H,8-10H2,1H3/t11-/m1/s1.